The fraction of sp³-hybridized carbons (Fsp3) is 0.0909. The number of nitrogens with two attached hydrogens (primary N) is 1. The Morgan fingerprint density at radius 1 is 1.35 bits per heavy atom. The van der Waals surface area contributed by atoms with Crippen LogP contribution in [0.5, 0.6) is 17.4 Å². The third-order valence-corrected chi connectivity index (χ3v) is 3.09. The predicted molar refractivity (Wildman–Crippen MR) is 73.9 cm³/mol. The molecule has 0 bridgehead atoms. The van der Waals surface area contributed by atoms with Crippen LogP contribution >= 0.6 is 15.9 Å². The number of methoxy groups -OCH3 is 1. The molecule has 0 spiro atoms. The summed E-state index contributed by atoms with van der Waals surface area (Å²) in [6, 6.07) is 3.99. The van der Waals surface area contributed by atoms with Crippen LogP contribution in [0.4, 0.5) is 11.5 Å². The molecule has 8 nitrogen and oxygen atoms in total. The Morgan fingerprint density at radius 3 is 2.75 bits per heavy atom. The SMILES string of the molecule is COc1ccc([N+](=O)[O-])cc1Oc1ncnc(N)c1Br. The molecule has 104 valence electrons. The van der Waals surface area contributed by atoms with Crippen LogP contribution < -0.4 is 15.2 Å². The van der Waals surface area contributed by atoms with Gasteiger partial charge in [-0.1, -0.05) is 0 Å². The van der Waals surface area contributed by atoms with E-state index in [2.05, 4.69) is 25.9 Å². The third-order valence-electron chi connectivity index (χ3n) is 2.35. The fourth-order valence-corrected chi connectivity index (χ4v) is 1.69. The predicted octanol–water partition coefficient (Wildman–Crippen LogP) is 2.53. The van der Waals surface area contributed by atoms with Crippen LogP contribution in [0.25, 0.3) is 0 Å². The zero-order valence-electron chi connectivity index (χ0n) is 10.2. The number of anilines is 1. The highest BCUT2D eigenvalue weighted by atomic mass is 79.9. The standard InChI is InChI=1S/C11H9BrN4O4/c1-19-7-3-2-6(16(17)18)4-8(7)20-11-9(12)10(13)14-5-15-11/h2-5H,1H3,(H2,13,14,15). The molecule has 1 heterocycles. The van der Waals surface area contributed by atoms with Gasteiger partial charge in [0.05, 0.1) is 18.1 Å². The molecule has 1 aromatic carbocycles. The van der Waals surface area contributed by atoms with Gasteiger partial charge >= 0.3 is 0 Å². The van der Waals surface area contributed by atoms with Crippen molar-refractivity contribution in [1.29, 1.82) is 0 Å². The average Bonchev–Trinajstić information content (AvgIpc) is 2.43. The Balaban J connectivity index is 2.43. The number of nitrogens with zero attached hydrogens (tertiary/aromatic N) is 3. The largest absolute Gasteiger partial charge is 0.493 e. The van der Waals surface area contributed by atoms with Gasteiger partial charge in [0.1, 0.15) is 16.6 Å². The van der Waals surface area contributed by atoms with Crippen LogP contribution in [0.15, 0.2) is 29.0 Å². The monoisotopic (exact) mass is 340 g/mol. The average molecular weight is 341 g/mol. The van der Waals surface area contributed by atoms with E-state index in [-0.39, 0.29) is 23.1 Å². The van der Waals surface area contributed by atoms with Crippen LogP contribution in [0.1, 0.15) is 0 Å². The third kappa shape index (κ3) is 2.77. The smallest absolute Gasteiger partial charge is 0.273 e. The maximum Gasteiger partial charge on any atom is 0.273 e. The van der Waals surface area contributed by atoms with Crippen molar-refractivity contribution < 1.29 is 14.4 Å². The van der Waals surface area contributed by atoms with Crippen LogP contribution in [0.3, 0.4) is 0 Å². The summed E-state index contributed by atoms with van der Waals surface area (Å²) in [5, 5.41) is 10.8. The topological polar surface area (TPSA) is 113 Å². The summed E-state index contributed by atoms with van der Waals surface area (Å²) in [6.07, 6.45) is 1.22. The number of nitro benzene ring substituents is 1. The van der Waals surface area contributed by atoms with Crippen molar-refractivity contribution in [3.63, 3.8) is 0 Å². The minimum absolute atomic E-state index is 0.126. The summed E-state index contributed by atoms with van der Waals surface area (Å²) in [7, 11) is 1.43. The molecule has 0 saturated heterocycles. The lowest BCUT2D eigenvalue weighted by Gasteiger charge is -2.10. The Morgan fingerprint density at radius 2 is 2.10 bits per heavy atom. The van der Waals surface area contributed by atoms with Crippen LogP contribution in [0, 0.1) is 10.1 Å². The van der Waals surface area contributed by atoms with Gasteiger partial charge in [-0.3, -0.25) is 10.1 Å². The number of non-ortho nitro benzene ring substituents is 1. The second-order valence-corrected chi connectivity index (χ2v) is 4.37. The fourth-order valence-electron chi connectivity index (χ4n) is 1.40. The molecule has 20 heavy (non-hydrogen) atoms. The molecule has 0 fully saturated rings. The molecule has 0 unspecified atom stereocenters. The van der Waals surface area contributed by atoms with E-state index in [1.165, 1.54) is 31.6 Å². The maximum absolute atomic E-state index is 10.8. The lowest BCUT2D eigenvalue weighted by atomic mass is 10.3. The van der Waals surface area contributed by atoms with Gasteiger partial charge in [-0.25, -0.2) is 9.97 Å². The van der Waals surface area contributed by atoms with E-state index < -0.39 is 4.92 Å². The zero-order chi connectivity index (χ0) is 14.7. The maximum atomic E-state index is 10.8. The Kier molecular flexibility index (Phi) is 3.99. The van der Waals surface area contributed by atoms with E-state index in [1.807, 2.05) is 0 Å². The van der Waals surface area contributed by atoms with Crippen molar-refractivity contribution in [2.75, 3.05) is 12.8 Å². The molecule has 0 amide bonds. The van der Waals surface area contributed by atoms with Gasteiger partial charge in [-0.05, 0) is 22.0 Å². The van der Waals surface area contributed by atoms with Gasteiger partial charge in [0.2, 0.25) is 5.88 Å². The van der Waals surface area contributed by atoms with Gasteiger partial charge in [0.15, 0.2) is 11.5 Å². The minimum Gasteiger partial charge on any atom is -0.493 e. The molecule has 9 heteroatoms. The highest BCUT2D eigenvalue weighted by Gasteiger charge is 2.16. The number of halogens is 1. The Hall–Kier alpha value is -2.42. The summed E-state index contributed by atoms with van der Waals surface area (Å²) >= 11 is 3.18. The number of nitrogen functional groups attached to an aromatic ring is 1. The lowest BCUT2D eigenvalue weighted by molar-refractivity contribution is -0.384. The van der Waals surface area contributed by atoms with Gasteiger partial charge < -0.3 is 15.2 Å². The molecular formula is C11H9BrN4O4. The molecule has 2 rings (SSSR count). The first-order valence-electron chi connectivity index (χ1n) is 5.29. The first-order valence-corrected chi connectivity index (χ1v) is 6.08. The van der Waals surface area contributed by atoms with Crippen molar-refractivity contribution in [1.82, 2.24) is 9.97 Å². The normalized spacial score (nSPS) is 10.1. The molecule has 0 aliphatic rings. The molecule has 0 aliphatic heterocycles. The van der Waals surface area contributed by atoms with Gasteiger partial charge in [0.25, 0.3) is 5.69 Å². The van der Waals surface area contributed by atoms with Crippen LogP contribution in [-0.4, -0.2) is 22.0 Å². The summed E-state index contributed by atoms with van der Waals surface area (Å²) in [5.41, 5.74) is 5.48. The van der Waals surface area contributed by atoms with Crippen molar-refractivity contribution in [2.24, 2.45) is 0 Å². The molecular weight excluding hydrogens is 332 g/mol. The van der Waals surface area contributed by atoms with Crippen LogP contribution in [0.2, 0.25) is 0 Å². The summed E-state index contributed by atoms with van der Waals surface area (Å²) in [6.45, 7) is 0. The molecule has 0 radical (unpaired) electrons. The van der Waals surface area contributed by atoms with E-state index in [1.54, 1.807) is 0 Å². The lowest BCUT2D eigenvalue weighted by Crippen LogP contribution is -1.98. The van der Waals surface area contributed by atoms with Crippen LogP contribution in [-0.2, 0) is 0 Å². The summed E-state index contributed by atoms with van der Waals surface area (Å²) in [5.74, 6) is 0.816. The van der Waals surface area contributed by atoms with Gasteiger partial charge in [0, 0.05) is 6.07 Å². The minimum atomic E-state index is -0.532. The zero-order valence-corrected chi connectivity index (χ0v) is 11.8. The number of aromatic nitrogens is 2. The number of hydrogen-bond donors (Lipinski definition) is 1. The Bertz CT molecular complexity index is 665. The number of benzene rings is 1. The molecule has 1 aromatic heterocycles. The first kappa shape index (κ1) is 14.0. The van der Waals surface area contributed by atoms with Gasteiger partial charge in [-0.15, -0.1) is 0 Å². The first-order chi connectivity index (χ1) is 9.52. The second-order valence-electron chi connectivity index (χ2n) is 3.57. The quantitative estimate of drug-likeness (QED) is 0.671. The van der Waals surface area contributed by atoms with Crippen molar-refractivity contribution in [2.45, 2.75) is 0 Å². The molecule has 2 N–H and O–H groups in total. The summed E-state index contributed by atoms with van der Waals surface area (Å²) in [4.78, 5) is 17.9. The molecule has 0 aliphatic carbocycles. The van der Waals surface area contributed by atoms with E-state index in [0.717, 1.165) is 0 Å². The number of ether oxygens (including phenoxy) is 2. The van der Waals surface area contributed by atoms with Crippen molar-refractivity contribution >= 4 is 27.4 Å². The highest BCUT2D eigenvalue weighted by molar-refractivity contribution is 9.10. The number of rotatable bonds is 4. The summed E-state index contributed by atoms with van der Waals surface area (Å²) < 4.78 is 10.9. The van der Waals surface area contributed by atoms with Crippen molar-refractivity contribution in [3.05, 3.63) is 39.1 Å². The van der Waals surface area contributed by atoms with E-state index in [4.69, 9.17) is 15.2 Å². The second kappa shape index (κ2) is 5.70. The highest BCUT2D eigenvalue weighted by Crippen LogP contribution is 2.37. The van der Waals surface area contributed by atoms with E-state index in [0.29, 0.717) is 10.2 Å². The number of hydrogen-bond acceptors (Lipinski definition) is 7. The molecule has 2 aromatic rings. The van der Waals surface area contributed by atoms with Gasteiger partial charge in [-0.2, -0.15) is 0 Å². The number of nitro groups is 1. The van der Waals surface area contributed by atoms with E-state index in [9.17, 15) is 10.1 Å². The van der Waals surface area contributed by atoms with Crippen molar-refractivity contribution in [3.8, 4) is 17.4 Å². The molecule has 0 atom stereocenters. The molecule has 0 saturated carbocycles. The van der Waals surface area contributed by atoms with E-state index >= 15 is 0 Å². The Labute approximate surface area is 121 Å².